The summed E-state index contributed by atoms with van der Waals surface area (Å²) < 4.78 is 1.75. The number of carbonyl (C=O) groups excluding carboxylic acids is 1. The Balaban J connectivity index is 2.21. The zero-order valence-corrected chi connectivity index (χ0v) is 13.2. The first-order valence-corrected chi connectivity index (χ1v) is 7.47. The summed E-state index contributed by atoms with van der Waals surface area (Å²) in [5, 5.41) is 9.70. The maximum absolute atomic E-state index is 12.9. The number of hydrogen-bond donors (Lipinski definition) is 1. The Morgan fingerprint density at radius 1 is 1.13 bits per heavy atom. The Kier molecular flexibility index (Phi) is 3.92. The molecule has 3 rings (SSSR count). The van der Waals surface area contributed by atoms with Crippen molar-refractivity contribution < 1.29 is 14.7 Å². The number of ketones is 1. The van der Waals surface area contributed by atoms with Crippen LogP contribution in [-0.4, -0.2) is 21.3 Å². The maximum Gasteiger partial charge on any atom is 0.307 e. The molecule has 0 unspecified atom stereocenters. The van der Waals surface area contributed by atoms with E-state index in [0.717, 1.165) is 5.52 Å². The number of carboxylic acid groups (broad SMARTS) is 1. The average molecular weight is 328 g/mol. The molecule has 5 heteroatoms. The topological polar surface area (TPSA) is 58.8 Å². The second-order valence-corrected chi connectivity index (χ2v) is 5.75. The SMILES string of the molecule is Cc1c(CC(=O)O)c2ccccn2c1C(=O)c1ccc(Cl)cc1. The lowest BCUT2D eigenvalue weighted by Gasteiger charge is -2.04. The third-order valence-electron chi connectivity index (χ3n) is 3.87. The number of benzene rings is 1. The normalized spacial score (nSPS) is 10.9. The lowest BCUT2D eigenvalue weighted by atomic mass is 10.0. The van der Waals surface area contributed by atoms with Crippen molar-refractivity contribution in [2.45, 2.75) is 13.3 Å². The number of carbonyl (C=O) groups is 2. The number of carboxylic acids is 1. The van der Waals surface area contributed by atoms with Crippen LogP contribution in [0.1, 0.15) is 27.2 Å². The van der Waals surface area contributed by atoms with Crippen LogP contribution in [-0.2, 0) is 11.2 Å². The van der Waals surface area contributed by atoms with Gasteiger partial charge in [0, 0.05) is 22.3 Å². The van der Waals surface area contributed by atoms with Gasteiger partial charge in [0.25, 0.3) is 0 Å². The van der Waals surface area contributed by atoms with Gasteiger partial charge in [-0.05, 0) is 54.4 Å². The molecule has 2 heterocycles. The first kappa shape index (κ1) is 15.3. The summed E-state index contributed by atoms with van der Waals surface area (Å²) in [5.41, 5.74) is 3.10. The molecule has 3 aromatic rings. The van der Waals surface area contributed by atoms with Gasteiger partial charge in [0.1, 0.15) is 0 Å². The van der Waals surface area contributed by atoms with Crippen LogP contribution < -0.4 is 0 Å². The number of aromatic nitrogens is 1. The lowest BCUT2D eigenvalue weighted by molar-refractivity contribution is -0.136. The molecule has 0 aliphatic carbocycles. The monoisotopic (exact) mass is 327 g/mol. The number of hydrogen-bond acceptors (Lipinski definition) is 2. The minimum Gasteiger partial charge on any atom is -0.481 e. The van der Waals surface area contributed by atoms with Crippen molar-refractivity contribution in [3.8, 4) is 0 Å². The van der Waals surface area contributed by atoms with E-state index in [1.54, 1.807) is 41.8 Å². The highest BCUT2D eigenvalue weighted by Crippen LogP contribution is 2.26. The van der Waals surface area contributed by atoms with E-state index < -0.39 is 5.97 Å². The standard InChI is InChI=1S/C18H14ClNO3/c1-11-14(10-16(21)22)15-4-2-3-9-20(15)17(11)18(23)12-5-7-13(19)8-6-12/h2-9H,10H2,1H3,(H,21,22). The molecule has 0 amide bonds. The fourth-order valence-corrected chi connectivity index (χ4v) is 2.92. The van der Waals surface area contributed by atoms with Gasteiger partial charge in [0.15, 0.2) is 0 Å². The number of rotatable bonds is 4. The zero-order valence-electron chi connectivity index (χ0n) is 12.4. The van der Waals surface area contributed by atoms with E-state index in [1.807, 2.05) is 18.2 Å². The largest absolute Gasteiger partial charge is 0.481 e. The van der Waals surface area contributed by atoms with Crippen LogP contribution in [0.15, 0.2) is 48.7 Å². The van der Waals surface area contributed by atoms with Gasteiger partial charge < -0.3 is 9.51 Å². The van der Waals surface area contributed by atoms with E-state index in [-0.39, 0.29) is 12.2 Å². The van der Waals surface area contributed by atoms with Gasteiger partial charge in [0.05, 0.1) is 12.1 Å². The molecule has 4 nitrogen and oxygen atoms in total. The van der Waals surface area contributed by atoms with Crippen molar-refractivity contribution >= 4 is 28.9 Å². The number of aliphatic carboxylic acids is 1. The summed E-state index contributed by atoms with van der Waals surface area (Å²) in [4.78, 5) is 24.0. The molecule has 0 spiro atoms. The number of halogens is 1. The zero-order chi connectivity index (χ0) is 16.6. The Hall–Kier alpha value is -2.59. The first-order chi connectivity index (χ1) is 11.0. The van der Waals surface area contributed by atoms with Crippen molar-refractivity contribution in [1.82, 2.24) is 4.40 Å². The highest BCUT2D eigenvalue weighted by Gasteiger charge is 2.22. The first-order valence-electron chi connectivity index (χ1n) is 7.09. The number of nitrogens with zero attached hydrogens (tertiary/aromatic N) is 1. The molecule has 0 saturated heterocycles. The predicted octanol–water partition coefficient (Wildman–Crippen LogP) is 3.76. The molecule has 1 N–H and O–H groups in total. The molecule has 0 radical (unpaired) electrons. The fourth-order valence-electron chi connectivity index (χ4n) is 2.79. The number of pyridine rings is 1. The van der Waals surface area contributed by atoms with Gasteiger partial charge in [-0.15, -0.1) is 0 Å². The molecule has 116 valence electrons. The molecular formula is C18H14ClNO3. The predicted molar refractivity (Wildman–Crippen MR) is 88.4 cm³/mol. The smallest absolute Gasteiger partial charge is 0.307 e. The van der Waals surface area contributed by atoms with E-state index in [9.17, 15) is 9.59 Å². The Morgan fingerprint density at radius 3 is 2.48 bits per heavy atom. The Bertz CT molecular complexity index is 910. The van der Waals surface area contributed by atoms with E-state index >= 15 is 0 Å². The van der Waals surface area contributed by atoms with Gasteiger partial charge in [0.2, 0.25) is 5.78 Å². The van der Waals surface area contributed by atoms with Crippen molar-refractivity contribution in [2.24, 2.45) is 0 Å². The summed E-state index contributed by atoms with van der Waals surface area (Å²) in [5.74, 6) is -1.08. The molecule has 0 saturated carbocycles. The molecule has 0 aliphatic heterocycles. The average Bonchev–Trinajstić information content (AvgIpc) is 2.80. The van der Waals surface area contributed by atoms with Gasteiger partial charge in [-0.25, -0.2) is 0 Å². The minimum atomic E-state index is -0.921. The van der Waals surface area contributed by atoms with Crippen LogP contribution in [0.3, 0.4) is 0 Å². The Morgan fingerprint density at radius 2 is 1.83 bits per heavy atom. The highest BCUT2D eigenvalue weighted by atomic mass is 35.5. The van der Waals surface area contributed by atoms with Gasteiger partial charge >= 0.3 is 5.97 Å². The maximum atomic E-state index is 12.9. The van der Waals surface area contributed by atoms with Gasteiger partial charge in [-0.2, -0.15) is 0 Å². The lowest BCUT2D eigenvalue weighted by Crippen LogP contribution is -2.07. The quantitative estimate of drug-likeness (QED) is 0.742. The van der Waals surface area contributed by atoms with E-state index in [2.05, 4.69) is 0 Å². The molecule has 1 aromatic carbocycles. The summed E-state index contributed by atoms with van der Waals surface area (Å²) in [6, 6.07) is 12.1. The molecule has 0 fully saturated rings. The molecule has 2 aromatic heterocycles. The van der Waals surface area contributed by atoms with Crippen molar-refractivity contribution in [1.29, 1.82) is 0 Å². The van der Waals surface area contributed by atoms with Crippen molar-refractivity contribution in [3.63, 3.8) is 0 Å². The fraction of sp³-hybridized carbons (Fsp3) is 0.111. The van der Waals surface area contributed by atoms with Crippen LogP contribution >= 0.6 is 11.6 Å². The second-order valence-electron chi connectivity index (χ2n) is 5.31. The third-order valence-corrected chi connectivity index (χ3v) is 4.12. The molecule has 0 aliphatic rings. The van der Waals surface area contributed by atoms with Gasteiger partial charge in [-0.3, -0.25) is 9.59 Å². The van der Waals surface area contributed by atoms with Crippen LogP contribution in [0.25, 0.3) is 5.52 Å². The Labute approximate surface area is 137 Å². The highest BCUT2D eigenvalue weighted by molar-refractivity contribution is 6.30. The van der Waals surface area contributed by atoms with Crippen LogP contribution in [0, 0.1) is 6.92 Å². The molecule has 23 heavy (non-hydrogen) atoms. The molecular weight excluding hydrogens is 314 g/mol. The van der Waals surface area contributed by atoms with E-state index in [1.165, 1.54) is 0 Å². The minimum absolute atomic E-state index is 0.118. The summed E-state index contributed by atoms with van der Waals surface area (Å²) in [6.45, 7) is 1.79. The summed E-state index contributed by atoms with van der Waals surface area (Å²) >= 11 is 5.87. The van der Waals surface area contributed by atoms with Gasteiger partial charge in [-0.1, -0.05) is 17.7 Å². The summed E-state index contributed by atoms with van der Waals surface area (Å²) in [6.07, 6.45) is 1.66. The molecule has 0 atom stereocenters. The van der Waals surface area contributed by atoms with Crippen LogP contribution in [0.5, 0.6) is 0 Å². The van der Waals surface area contributed by atoms with Crippen LogP contribution in [0.4, 0.5) is 0 Å². The third kappa shape index (κ3) is 2.73. The number of fused-ring (bicyclic) bond motifs is 1. The van der Waals surface area contributed by atoms with Crippen molar-refractivity contribution in [2.75, 3.05) is 0 Å². The van der Waals surface area contributed by atoms with Crippen molar-refractivity contribution in [3.05, 3.63) is 76.1 Å². The van der Waals surface area contributed by atoms with E-state index in [0.29, 0.717) is 27.4 Å². The second kappa shape index (κ2) is 5.89. The van der Waals surface area contributed by atoms with E-state index in [4.69, 9.17) is 16.7 Å². The van der Waals surface area contributed by atoms with Crippen LogP contribution in [0.2, 0.25) is 5.02 Å². The summed E-state index contributed by atoms with van der Waals surface area (Å²) in [7, 11) is 0. The molecule has 0 bridgehead atoms.